The number of ether oxygens (including phenoxy) is 2. The molecule has 9 heteroatoms. The molecule has 9 nitrogen and oxygen atoms in total. The van der Waals surface area contributed by atoms with Gasteiger partial charge in [0.1, 0.15) is 17.2 Å². The number of nitrogens with one attached hydrogen (secondary N) is 2. The maximum Gasteiger partial charge on any atom is 0.410 e. The highest BCUT2D eigenvalue weighted by Crippen LogP contribution is 2.33. The Kier molecular flexibility index (Phi) is 6.70. The summed E-state index contributed by atoms with van der Waals surface area (Å²) in [6.45, 7) is 6.79. The standard InChI is InChI=1S/C28H35N5O4/c1-28(2,3)37-27(35)33-16-14-23-24(33)13-15-32(23)26(34)31-22(17-18-9-11-19(36-4)12-10-18)25-29-20-7-5-6-8-21(20)30-25/h5-12,22-24H,13-17H2,1-4H3,(H,29,30)(H,31,34)/t22-,23?,24?/m1/s1. The first-order valence-corrected chi connectivity index (χ1v) is 12.9. The van der Waals surface area contributed by atoms with E-state index in [1.54, 1.807) is 12.0 Å². The Morgan fingerprint density at radius 2 is 1.73 bits per heavy atom. The second-order valence-corrected chi connectivity index (χ2v) is 10.8. The zero-order valence-electron chi connectivity index (χ0n) is 21.9. The molecule has 0 saturated carbocycles. The summed E-state index contributed by atoms with van der Waals surface area (Å²) in [7, 11) is 1.64. The van der Waals surface area contributed by atoms with Crippen LogP contribution in [-0.4, -0.2) is 69.8 Å². The quantitative estimate of drug-likeness (QED) is 0.526. The molecule has 0 aliphatic carbocycles. The van der Waals surface area contributed by atoms with E-state index in [0.29, 0.717) is 25.3 Å². The summed E-state index contributed by atoms with van der Waals surface area (Å²) in [6.07, 6.45) is 1.75. The minimum absolute atomic E-state index is 0.0214. The molecule has 37 heavy (non-hydrogen) atoms. The van der Waals surface area contributed by atoms with E-state index in [0.717, 1.165) is 35.2 Å². The lowest BCUT2D eigenvalue weighted by Gasteiger charge is -2.29. The van der Waals surface area contributed by atoms with Gasteiger partial charge in [0.15, 0.2) is 0 Å². The molecule has 2 fully saturated rings. The van der Waals surface area contributed by atoms with Crippen molar-refractivity contribution in [2.75, 3.05) is 20.2 Å². The number of rotatable bonds is 5. The second-order valence-electron chi connectivity index (χ2n) is 10.8. The fourth-order valence-electron chi connectivity index (χ4n) is 5.37. The van der Waals surface area contributed by atoms with Crippen molar-refractivity contribution in [3.05, 3.63) is 59.9 Å². The summed E-state index contributed by atoms with van der Waals surface area (Å²) in [6, 6.07) is 15.1. The van der Waals surface area contributed by atoms with Crippen LogP contribution in [0.5, 0.6) is 5.75 Å². The van der Waals surface area contributed by atoms with E-state index >= 15 is 0 Å². The number of aromatic nitrogens is 2. The van der Waals surface area contributed by atoms with E-state index in [9.17, 15) is 9.59 Å². The molecule has 0 radical (unpaired) electrons. The van der Waals surface area contributed by atoms with Crippen LogP contribution in [0.15, 0.2) is 48.5 Å². The van der Waals surface area contributed by atoms with Gasteiger partial charge in [0, 0.05) is 13.1 Å². The lowest BCUT2D eigenvalue weighted by molar-refractivity contribution is 0.0224. The van der Waals surface area contributed by atoms with Gasteiger partial charge in [-0.05, 0) is 69.9 Å². The van der Waals surface area contributed by atoms with Crippen LogP contribution in [0, 0.1) is 0 Å². The van der Waals surface area contributed by atoms with Gasteiger partial charge in [-0.2, -0.15) is 0 Å². The molecule has 0 bridgehead atoms. The predicted molar refractivity (Wildman–Crippen MR) is 141 cm³/mol. The molecule has 2 unspecified atom stereocenters. The van der Waals surface area contributed by atoms with Crippen molar-refractivity contribution in [2.45, 2.75) is 63.8 Å². The first-order chi connectivity index (χ1) is 17.7. The molecular weight excluding hydrogens is 470 g/mol. The van der Waals surface area contributed by atoms with E-state index < -0.39 is 5.60 Å². The molecule has 1 aromatic heterocycles. The third-order valence-electron chi connectivity index (χ3n) is 7.10. The maximum absolute atomic E-state index is 13.6. The maximum atomic E-state index is 13.6. The summed E-state index contributed by atoms with van der Waals surface area (Å²) in [5.74, 6) is 1.50. The summed E-state index contributed by atoms with van der Waals surface area (Å²) >= 11 is 0. The van der Waals surface area contributed by atoms with Gasteiger partial charge in [0.25, 0.3) is 0 Å². The lowest BCUT2D eigenvalue weighted by atomic mass is 10.1. The zero-order chi connectivity index (χ0) is 26.2. The highest BCUT2D eigenvalue weighted by atomic mass is 16.6. The first kappa shape index (κ1) is 24.9. The highest BCUT2D eigenvalue weighted by Gasteiger charge is 2.47. The van der Waals surface area contributed by atoms with Crippen molar-refractivity contribution >= 4 is 23.2 Å². The summed E-state index contributed by atoms with van der Waals surface area (Å²) < 4.78 is 10.9. The predicted octanol–water partition coefficient (Wildman–Crippen LogP) is 4.65. The van der Waals surface area contributed by atoms with Gasteiger partial charge in [-0.1, -0.05) is 24.3 Å². The molecular formula is C28H35N5O4. The van der Waals surface area contributed by atoms with Gasteiger partial charge in [-0.25, -0.2) is 14.6 Å². The molecule has 5 rings (SSSR count). The molecule has 3 aromatic rings. The number of fused-ring (bicyclic) bond motifs is 2. The Hall–Kier alpha value is -3.75. The number of H-pyrrole nitrogens is 1. The van der Waals surface area contributed by atoms with Gasteiger partial charge in [-0.3, -0.25) is 0 Å². The van der Waals surface area contributed by atoms with E-state index in [2.05, 4.69) is 10.3 Å². The van der Waals surface area contributed by atoms with Crippen molar-refractivity contribution < 1.29 is 19.1 Å². The number of methoxy groups -OCH3 is 1. The van der Waals surface area contributed by atoms with E-state index in [4.69, 9.17) is 14.5 Å². The van der Waals surface area contributed by atoms with Crippen LogP contribution in [0.25, 0.3) is 11.0 Å². The smallest absolute Gasteiger partial charge is 0.410 e. The third-order valence-corrected chi connectivity index (χ3v) is 7.10. The number of likely N-dealkylation sites (tertiary alicyclic amines) is 2. The van der Waals surface area contributed by atoms with Gasteiger partial charge in [0.05, 0.1) is 36.3 Å². The van der Waals surface area contributed by atoms with E-state index in [-0.39, 0.29) is 30.2 Å². The van der Waals surface area contributed by atoms with Crippen molar-refractivity contribution in [1.29, 1.82) is 0 Å². The van der Waals surface area contributed by atoms with Crippen molar-refractivity contribution in [3.63, 3.8) is 0 Å². The number of nitrogens with zero attached hydrogens (tertiary/aromatic N) is 3. The van der Waals surface area contributed by atoms with Crippen molar-refractivity contribution in [1.82, 2.24) is 25.1 Å². The monoisotopic (exact) mass is 505 g/mol. The molecule has 2 aromatic carbocycles. The minimum atomic E-state index is -0.550. The Bertz CT molecular complexity index is 1230. The molecule has 0 spiro atoms. The van der Waals surface area contributed by atoms with Crippen molar-refractivity contribution in [3.8, 4) is 5.75 Å². The number of hydrogen-bond acceptors (Lipinski definition) is 5. The Balaban J connectivity index is 1.33. The van der Waals surface area contributed by atoms with Crippen LogP contribution in [0.1, 0.15) is 51.0 Å². The number of carbonyl (C=O) groups excluding carboxylic acids is 2. The van der Waals surface area contributed by atoms with Gasteiger partial charge < -0.3 is 29.6 Å². The molecule has 2 saturated heterocycles. The average Bonchev–Trinajstić information content (AvgIpc) is 3.57. The SMILES string of the molecule is COc1ccc(C[C@@H](NC(=O)N2CCC3C2CCN3C(=O)OC(C)(C)C)c2nc3ccccc3[nH]2)cc1. The molecule has 2 N–H and O–H groups in total. The van der Waals surface area contributed by atoms with E-state index in [1.807, 2.05) is 74.2 Å². The molecule has 3 heterocycles. The first-order valence-electron chi connectivity index (χ1n) is 12.9. The van der Waals surface area contributed by atoms with Gasteiger partial charge >= 0.3 is 12.1 Å². The van der Waals surface area contributed by atoms with Crippen LogP contribution in [0.4, 0.5) is 9.59 Å². The second kappa shape index (κ2) is 9.95. The number of urea groups is 1. The average molecular weight is 506 g/mol. The summed E-state index contributed by atoms with van der Waals surface area (Å²) in [4.78, 5) is 38.2. The third kappa shape index (κ3) is 5.35. The number of imidazole rings is 1. The normalized spacial score (nSPS) is 20.1. The van der Waals surface area contributed by atoms with Gasteiger partial charge in [-0.15, -0.1) is 0 Å². The Labute approximate surface area is 217 Å². The number of benzene rings is 2. The topological polar surface area (TPSA) is 99.8 Å². The molecule has 2 aliphatic rings. The molecule has 2 aliphatic heterocycles. The van der Waals surface area contributed by atoms with E-state index in [1.165, 1.54) is 0 Å². The van der Waals surface area contributed by atoms with Crippen molar-refractivity contribution in [2.24, 2.45) is 0 Å². The minimum Gasteiger partial charge on any atom is -0.497 e. The largest absolute Gasteiger partial charge is 0.497 e. The fourth-order valence-corrected chi connectivity index (χ4v) is 5.37. The fraction of sp³-hybridized carbons (Fsp3) is 0.464. The summed E-state index contributed by atoms with van der Waals surface area (Å²) in [5, 5.41) is 3.24. The van der Waals surface area contributed by atoms with Crippen LogP contribution in [-0.2, 0) is 11.2 Å². The number of aromatic amines is 1. The van der Waals surface area contributed by atoms with Gasteiger partial charge in [0.2, 0.25) is 0 Å². The van der Waals surface area contributed by atoms with Crippen LogP contribution in [0.2, 0.25) is 0 Å². The lowest BCUT2D eigenvalue weighted by Crippen LogP contribution is -2.47. The molecule has 3 amide bonds. The number of amides is 3. The van der Waals surface area contributed by atoms with Crippen LogP contribution < -0.4 is 10.1 Å². The molecule has 196 valence electrons. The highest BCUT2D eigenvalue weighted by molar-refractivity contribution is 5.78. The molecule has 3 atom stereocenters. The Morgan fingerprint density at radius 3 is 2.41 bits per heavy atom. The van der Waals surface area contributed by atoms with Crippen LogP contribution in [0.3, 0.4) is 0 Å². The summed E-state index contributed by atoms with van der Waals surface area (Å²) in [5.41, 5.74) is 2.29. The zero-order valence-corrected chi connectivity index (χ0v) is 21.9. The van der Waals surface area contributed by atoms with Crippen LogP contribution >= 0.6 is 0 Å². The Morgan fingerprint density at radius 1 is 1.05 bits per heavy atom. The number of hydrogen-bond donors (Lipinski definition) is 2. The number of carbonyl (C=O) groups is 2. The number of para-hydroxylation sites is 2.